The van der Waals surface area contributed by atoms with Crippen molar-refractivity contribution in [3.05, 3.63) is 0 Å². The lowest BCUT2D eigenvalue weighted by atomic mass is 9.96. The molecule has 94 valence electrons. The number of carbonyl (C=O) groups excluding carboxylic acids is 1. The van der Waals surface area contributed by atoms with Gasteiger partial charge in [0.1, 0.15) is 24.5 Å². The Kier molecular flexibility index (Phi) is 4.63. The van der Waals surface area contributed by atoms with Gasteiger partial charge in [-0.3, -0.25) is 10.1 Å². The topological polar surface area (TPSA) is 111 Å². The number of hydrogen-bond acceptors (Lipinski definition) is 6. The number of aliphatic hydroxyl groups excluding tert-OH is 3. The summed E-state index contributed by atoms with van der Waals surface area (Å²) < 4.78 is 5.30. The standard InChI is InChI=1S/C9H18N2O5/c1-4(13)11-6-8(15)7(14)5(3-12)16-9(6)10-2/h5-10,12,14-15H,3H2,1-2H3,(H,11,13). The number of nitrogens with one attached hydrogen (secondary N) is 2. The molecule has 0 saturated carbocycles. The molecule has 5 unspecified atom stereocenters. The zero-order valence-electron chi connectivity index (χ0n) is 9.25. The van der Waals surface area contributed by atoms with E-state index in [1.165, 1.54) is 6.92 Å². The van der Waals surface area contributed by atoms with Gasteiger partial charge in [0.25, 0.3) is 0 Å². The molecule has 5 atom stereocenters. The number of likely N-dealkylation sites (N-methyl/N-ethyl adjacent to an activating group) is 1. The summed E-state index contributed by atoms with van der Waals surface area (Å²) in [6.45, 7) is 0.910. The van der Waals surface area contributed by atoms with Crippen LogP contribution in [0.5, 0.6) is 0 Å². The minimum atomic E-state index is -1.23. The first-order chi connectivity index (χ1) is 7.51. The van der Waals surface area contributed by atoms with Crippen molar-refractivity contribution in [2.24, 2.45) is 0 Å². The zero-order valence-corrected chi connectivity index (χ0v) is 9.25. The first kappa shape index (κ1) is 13.3. The molecular weight excluding hydrogens is 216 g/mol. The van der Waals surface area contributed by atoms with Crippen LogP contribution in [0.2, 0.25) is 0 Å². The van der Waals surface area contributed by atoms with Crippen LogP contribution in [0, 0.1) is 0 Å². The molecule has 1 amide bonds. The summed E-state index contributed by atoms with van der Waals surface area (Å²) >= 11 is 0. The Morgan fingerprint density at radius 2 is 2.00 bits per heavy atom. The quantitative estimate of drug-likeness (QED) is 0.359. The van der Waals surface area contributed by atoms with Crippen LogP contribution >= 0.6 is 0 Å². The molecule has 0 aliphatic carbocycles. The first-order valence-corrected chi connectivity index (χ1v) is 5.08. The van der Waals surface area contributed by atoms with E-state index >= 15 is 0 Å². The molecule has 0 radical (unpaired) electrons. The second-order valence-electron chi connectivity index (χ2n) is 3.77. The Morgan fingerprint density at radius 1 is 1.38 bits per heavy atom. The van der Waals surface area contributed by atoms with E-state index in [0.29, 0.717) is 0 Å². The van der Waals surface area contributed by atoms with Gasteiger partial charge < -0.3 is 25.4 Å². The molecular formula is C9H18N2O5. The van der Waals surface area contributed by atoms with Crippen LogP contribution in [0.3, 0.4) is 0 Å². The van der Waals surface area contributed by atoms with Gasteiger partial charge in [-0.25, -0.2) is 0 Å². The van der Waals surface area contributed by atoms with E-state index in [4.69, 9.17) is 9.84 Å². The van der Waals surface area contributed by atoms with Crippen molar-refractivity contribution in [2.45, 2.75) is 37.5 Å². The van der Waals surface area contributed by atoms with Gasteiger partial charge in [-0.15, -0.1) is 0 Å². The maximum atomic E-state index is 10.9. The van der Waals surface area contributed by atoms with Gasteiger partial charge in [-0.05, 0) is 7.05 Å². The number of rotatable bonds is 3. The van der Waals surface area contributed by atoms with E-state index in [-0.39, 0.29) is 5.91 Å². The zero-order chi connectivity index (χ0) is 12.3. The average Bonchev–Trinajstić information content (AvgIpc) is 2.25. The fourth-order valence-electron chi connectivity index (χ4n) is 1.76. The lowest BCUT2D eigenvalue weighted by molar-refractivity contribution is -0.201. The lowest BCUT2D eigenvalue weighted by Crippen LogP contribution is -2.66. The van der Waals surface area contributed by atoms with Crippen LogP contribution in [0.1, 0.15) is 6.92 Å². The van der Waals surface area contributed by atoms with Gasteiger partial charge in [0, 0.05) is 6.92 Å². The van der Waals surface area contributed by atoms with Crippen LogP contribution < -0.4 is 10.6 Å². The van der Waals surface area contributed by atoms with E-state index in [1.807, 2.05) is 0 Å². The van der Waals surface area contributed by atoms with Crippen LogP contribution in [0.15, 0.2) is 0 Å². The smallest absolute Gasteiger partial charge is 0.217 e. The minimum Gasteiger partial charge on any atom is -0.394 e. The van der Waals surface area contributed by atoms with E-state index in [1.54, 1.807) is 7.05 Å². The van der Waals surface area contributed by atoms with Crippen molar-refractivity contribution in [1.82, 2.24) is 10.6 Å². The molecule has 1 aliphatic rings. The van der Waals surface area contributed by atoms with E-state index in [0.717, 1.165) is 0 Å². The molecule has 0 aromatic rings. The Bertz CT molecular complexity index is 248. The molecule has 1 heterocycles. The average molecular weight is 234 g/mol. The van der Waals surface area contributed by atoms with E-state index in [2.05, 4.69) is 10.6 Å². The van der Waals surface area contributed by atoms with Crippen molar-refractivity contribution >= 4 is 5.91 Å². The fraction of sp³-hybridized carbons (Fsp3) is 0.889. The molecule has 0 spiro atoms. The third-order valence-corrected chi connectivity index (χ3v) is 2.58. The number of ether oxygens (including phenoxy) is 1. The molecule has 0 bridgehead atoms. The monoisotopic (exact) mass is 234 g/mol. The Balaban J connectivity index is 2.77. The predicted octanol–water partition coefficient (Wildman–Crippen LogP) is -2.85. The highest BCUT2D eigenvalue weighted by Crippen LogP contribution is 2.19. The Hall–Kier alpha value is -0.730. The summed E-state index contributed by atoms with van der Waals surface area (Å²) in [5.41, 5.74) is 0. The van der Waals surface area contributed by atoms with Gasteiger partial charge in [-0.1, -0.05) is 0 Å². The Labute approximate surface area is 93.4 Å². The maximum absolute atomic E-state index is 10.9. The maximum Gasteiger partial charge on any atom is 0.217 e. The van der Waals surface area contributed by atoms with Crippen molar-refractivity contribution in [3.63, 3.8) is 0 Å². The van der Waals surface area contributed by atoms with Crippen molar-refractivity contribution in [2.75, 3.05) is 13.7 Å². The van der Waals surface area contributed by atoms with Crippen molar-refractivity contribution in [3.8, 4) is 0 Å². The molecule has 16 heavy (non-hydrogen) atoms. The van der Waals surface area contributed by atoms with Crippen LogP contribution in [-0.2, 0) is 9.53 Å². The van der Waals surface area contributed by atoms with Gasteiger partial charge in [0.05, 0.1) is 12.6 Å². The molecule has 1 rings (SSSR count). The van der Waals surface area contributed by atoms with Crippen LogP contribution in [-0.4, -0.2) is 65.5 Å². The van der Waals surface area contributed by atoms with Crippen molar-refractivity contribution < 1.29 is 24.9 Å². The van der Waals surface area contributed by atoms with Gasteiger partial charge >= 0.3 is 0 Å². The van der Waals surface area contributed by atoms with Crippen LogP contribution in [0.25, 0.3) is 0 Å². The molecule has 0 aromatic heterocycles. The summed E-state index contributed by atoms with van der Waals surface area (Å²) in [5, 5.41) is 33.6. The van der Waals surface area contributed by atoms with E-state index < -0.39 is 37.2 Å². The highest BCUT2D eigenvalue weighted by Gasteiger charge is 2.43. The number of aliphatic hydroxyl groups is 3. The van der Waals surface area contributed by atoms with Crippen molar-refractivity contribution in [1.29, 1.82) is 0 Å². The molecule has 0 aromatic carbocycles. The number of amides is 1. The summed E-state index contributed by atoms with van der Waals surface area (Å²) in [5.74, 6) is -0.331. The predicted molar refractivity (Wildman–Crippen MR) is 54.4 cm³/mol. The fourth-order valence-corrected chi connectivity index (χ4v) is 1.76. The molecule has 7 heteroatoms. The normalized spacial score (nSPS) is 39.4. The second kappa shape index (κ2) is 5.55. The van der Waals surface area contributed by atoms with Crippen LogP contribution in [0.4, 0.5) is 0 Å². The molecule has 1 fully saturated rings. The summed E-state index contributed by atoms with van der Waals surface area (Å²) in [6.07, 6.45) is -3.93. The lowest BCUT2D eigenvalue weighted by Gasteiger charge is -2.42. The van der Waals surface area contributed by atoms with Gasteiger partial charge in [-0.2, -0.15) is 0 Å². The second-order valence-corrected chi connectivity index (χ2v) is 3.77. The molecule has 7 nitrogen and oxygen atoms in total. The summed E-state index contributed by atoms with van der Waals surface area (Å²) in [4.78, 5) is 10.9. The van der Waals surface area contributed by atoms with Gasteiger partial charge in [0.2, 0.25) is 5.91 Å². The van der Waals surface area contributed by atoms with E-state index in [9.17, 15) is 15.0 Å². The molecule has 5 N–H and O–H groups in total. The van der Waals surface area contributed by atoms with Gasteiger partial charge in [0.15, 0.2) is 0 Å². The first-order valence-electron chi connectivity index (χ1n) is 5.08. The highest BCUT2D eigenvalue weighted by molar-refractivity contribution is 5.73. The summed E-state index contributed by atoms with van der Waals surface area (Å²) in [7, 11) is 1.60. The highest BCUT2D eigenvalue weighted by atomic mass is 16.5. The SMILES string of the molecule is CNC1OC(CO)C(O)C(O)C1NC(C)=O. The third-order valence-electron chi connectivity index (χ3n) is 2.58. The third kappa shape index (κ3) is 2.69. The molecule has 1 aliphatic heterocycles. The summed E-state index contributed by atoms with van der Waals surface area (Å²) in [6, 6.07) is -0.750. The number of carbonyl (C=O) groups is 1. The minimum absolute atomic E-state index is 0.331. The number of hydrogen-bond donors (Lipinski definition) is 5. The molecule has 1 saturated heterocycles. The Morgan fingerprint density at radius 3 is 2.44 bits per heavy atom. The largest absolute Gasteiger partial charge is 0.394 e.